The third-order valence-corrected chi connectivity index (χ3v) is 5.20. The van der Waals surface area contributed by atoms with Crippen LogP contribution in [-0.2, 0) is 21.0 Å². The lowest BCUT2D eigenvalue weighted by Gasteiger charge is -2.11. The predicted octanol–water partition coefficient (Wildman–Crippen LogP) is 3.93. The van der Waals surface area contributed by atoms with Crippen LogP contribution in [0.15, 0.2) is 47.4 Å². The molecule has 11 heteroatoms. The van der Waals surface area contributed by atoms with Gasteiger partial charge in [0.15, 0.2) is 0 Å². The van der Waals surface area contributed by atoms with E-state index in [0.717, 1.165) is 24.3 Å². The van der Waals surface area contributed by atoms with Crippen LogP contribution in [0, 0.1) is 0 Å². The van der Waals surface area contributed by atoms with Crippen molar-refractivity contribution in [2.45, 2.75) is 11.1 Å². The number of hydrogen-bond donors (Lipinski definition) is 2. The van der Waals surface area contributed by atoms with E-state index in [1.54, 1.807) is 0 Å². The van der Waals surface area contributed by atoms with E-state index >= 15 is 0 Å². The number of anilines is 1. The average Bonchev–Trinajstić information content (AvgIpc) is 2.55. The van der Waals surface area contributed by atoms with Crippen LogP contribution < -0.4 is 10.0 Å². The minimum atomic E-state index is -4.56. The summed E-state index contributed by atoms with van der Waals surface area (Å²) >= 11 is 11.5. The van der Waals surface area contributed by atoms with E-state index in [1.165, 1.54) is 18.2 Å². The predicted molar refractivity (Wildman–Crippen MR) is 91.7 cm³/mol. The number of sulfonamides is 1. The maximum atomic E-state index is 12.6. The first-order valence-electron chi connectivity index (χ1n) is 6.91. The zero-order valence-electron chi connectivity index (χ0n) is 12.8. The molecule has 2 aromatic carbocycles. The summed E-state index contributed by atoms with van der Waals surface area (Å²) < 4.78 is 64.3. The minimum Gasteiger partial charge on any atom is -0.325 e. The summed E-state index contributed by atoms with van der Waals surface area (Å²) in [5, 5.41) is 2.21. The maximum absolute atomic E-state index is 12.6. The Bertz CT molecular complexity index is 934. The lowest BCUT2D eigenvalue weighted by Crippen LogP contribution is -2.33. The van der Waals surface area contributed by atoms with Crippen molar-refractivity contribution in [2.24, 2.45) is 0 Å². The van der Waals surface area contributed by atoms with Gasteiger partial charge in [0.2, 0.25) is 15.9 Å². The number of benzene rings is 2. The molecule has 2 aromatic rings. The Balaban J connectivity index is 2.06. The van der Waals surface area contributed by atoms with E-state index < -0.39 is 34.2 Å². The van der Waals surface area contributed by atoms with Crippen molar-refractivity contribution in [1.82, 2.24) is 4.72 Å². The van der Waals surface area contributed by atoms with Crippen molar-refractivity contribution >= 4 is 44.8 Å². The average molecular weight is 427 g/mol. The molecule has 0 bridgehead atoms. The fraction of sp³-hybridized carbons (Fsp3) is 0.133. The van der Waals surface area contributed by atoms with Gasteiger partial charge in [0, 0.05) is 10.7 Å². The molecule has 2 N–H and O–H groups in total. The molecule has 0 radical (unpaired) electrons. The Labute approximate surface area is 157 Å². The second-order valence-electron chi connectivity index (χ2n) is 5.03. The van der Waals surface area contributed by atoms with Gasteiger partial charge >= 0.3 is 6.18 Å². The largest absolute Gasteiger partial charge is 0.416 e. The first-order chi connectivity index (χ1) is 12.0. The van der Waals surface area contributed by atoms with Crippen LogP contribution in [0.25, 0.3) is 0 Å². The molecule has 26 heavy (non-hydrogen) atoms. The van der Waals surface area contributed by atoms with E-state index in [4.69, 9.17) is 23.2 Å². The van der Waals surface area contributed by atoms with Crippen LogP contribution in [-0.4, -0.2) is 20.9 Å². The Morgan fingerprint density at radius 1 is 1.08 bits per heavy atom. The zero-order valence-corrected chi connectivity index (χ0v) is 15.1. The van der Waals surface area contributed by atoms with Crippen LogP contribution in [0.3, 0.4) is 0 Å². The Morgan fingerprint density at radius 3 is 2.42 bits per heavy atom. The molecule has 0 aliphatic heterocycles. The van der Waals surface area contributed by atoms with E-state index in [9.17, 15) is 26.4 Å². The molecular weight excluding hydrogens is 416 g/mol. The molecule has 0 aromatic heterocycles. The maximum Gasteiger partial charge on any atom is 0.416 e. The summed E-state index contributed by atoms with van der Waals surface area (Å²) in [4.78, 5) is 11.5. The summed E-state index contributed by atoms with van der Waals surface area (Å²) in [6.45, 7) is -0.707. The van der Waals surface area contributed by atoms with Gasteiger partial charge in [-0.2, -0.15) is 13.2 Å². The molecule has 1 amide bonds. The van der Waals surface area contributed by atoms with Crippen LogP contribution >= 0.6 is 23.2 Å². The first kappa shape index (κ1) is 20.5. The van der Waals surface area contributed by atoms with Crippen LogP contribution in [0.5, 0.6) is 0 Å². The van der Waals surface area contributed by atoms with E-state index in [2.05, 4.69) is 5.32 Å². The quantitative estimate of drug-likeness (QED) is 0.760. The summed E-state index contributed by atoms with van der Waals surface area (Å²) in [7, 11) is -4.14. The fourth-order valence-electron chi connectivity index (χ4n) is 1.90. The second-order valence-corrected chi connectivity index (χ2v) is 7.61. The number of amides is 1. The Kier molecular flexibility index (Phi) is 6.17. The molecule has 0 fully saturated rings. The van der Waals surface area contributed by atoms with Crippen LogP contribution in [0.1, 0.15) is 5.56 Å². The molecule has 0 heterocycles. The molecule has 5 nitrogen and oxygen atoms in total. The van der Waals surface area contributed by atoms with Gasteiger partial charge in [-0.25, -0.2) is 13.1 Å². The van der Waals surface area contributed by atoms with Gasteiger partial charge in [-0.05, 0) is 36.4 Å². The summed E-state index contributed by atoms with van der Waals surface area (Å²) in [6, 6.07) is 7.73. The smallest absolute Gasteiger partial charge is 0.325 e. The minimum absolute atomic E-state index is 0.0970. The Morgan fingerprint density at radius 2 is 1.77 bits per heavy atom. The summed E-state index contributed by atoms with van der Waals surface area (Å²) in [5.74, 6) is -0.856. The van der Waals surface area contributed by atoms with Crippen molar-refractivity contribution < 1.29 is 26.4 Å². The molecule has 0 aliphatic carbocycles. The van der Waals surface area contributed by atoms with Crippen molar-refractivity contribution in [3.63, 3.8) is 0 Å². The van der Waals surface area contributed by atoms with Gasteiger partial charge in [-0.15, -0.1) is 0 Å². The molecule has 0 atom stereocenters. The lowest BCUT2D eigenvalue weighted by molar-refractivity contribution is -0.137. The lowest BCUT2D eigenvalue weighted by atomic mass is 10.2. The fourth-order valence-corrected chi connectivity index (χ4v) is 3.64. The topological polar surface area (TPSA) is 75.3 Å². The van der Waals surface area contributed by atoms with Gasteiger partial charge in [-0.3, -0.25) is 4.79 Å². The van der Waals surface area contributed by atoms with Crippen molar-refractivity contribution in [3.05, 3.63) is 58.1 Å². The number of hydrogen-bond acceptors (Lipinski definition) is 3. The highest BCUT2D eigenvalue weighted by molar-refractivity contribution is 7.89. The van der Waals surface area contributed by atoms with E-state index in [-0.39, 0.29) is 20.6 Å². The molecule has 0 spiro atoms. The summed E-state index contributed by atoms with van der Waals surface area (Å²) in [5.41, 5.74) is -1.06. The van der Waals surface area contributed by atoms with Crippen molar-refractivity contribution in [1.29, 1.82) is 0 Å². The van der Waals surface area contributed by atoms with Gasteiger partial charge in [0.25, 0.3) is 0 Å². The second kappa shape index (κ2) is 7.83. The molecule has 2 rings (SSSR count). The highest BCUT2D eigenvalue weighted by atomic mass is 35.5. The molecule has 0 unspecified atom stereocenters. The first-order valence-corrected chi connectivity index (χ1v) is 9.15. The van der Waals surface area contributed by atoms with Gasteiger partial charge in [0.05, 0.1) is 17.1 Å². The number of halogens is 5. The molecular formula is C15H11Cl2F3N2O3S. The monoisotopic (exact) mass is 426 g/mol. The van der Waals surface area contributed by atoms with Crippen molar-refractivity contribution in [2.75, 3.05) is 11.9 Å². The highest BCUT2D eigenvalue weighted by Crippen LogP contribution is 2.30. The van der Waals surface area contributed by atoms with Crippen LogP contribution in [0.4, 0.5) is 18.9 Å². The van der Waals surface area contributed by atoms with E-state index in [1.807, 2.05) is 4.72 Å². The van der Waals surface area contributed by atoms with Gasteiger partial charge < -0.3 is 5.32 Å². The van der Waals surface area contributed by atoms with Gasteiger partial charge in [-0.1, -0.05) is 29.3 Å². The standard InChI is InChI=1S/C15H11Cl2F3N2O3S/c16-10-4-5-12(17)13(7-10)26(24,25)21-8-14(23)22-11-3-1-2-9(6-11)15(18,19)20/h1-7,21H,8H2,(H,22,23). The number of alkyl halides is 3. The third kappa shape index (κ3) is 5.34. The third-order valence-electron chi connectivity index (χ3n) is 3.08. The zero-order chi connectivity index (χ0) is 19.5. The van der Waals surface area contributed by atoms with Crippen molar-refractivity contribution in [3.8, 4) is 0 Å². The van der Waals surface area contributed by atoms with Gasteiger partial charge in [0.1, 0.15) is 4.90 Å². The molecule has 0 aliphatic rings. The number of rotatable bonds is 5. The number of nitrogens with one attached hydrogen (secondary N) is 2. The Hall–Kier alpha value is -1.81. The number of carbonyl (C=O) groups excluding carboxylic acids is 1. The molecule has 0 saturated heterocycles. The SMILES string of the molecule is O=C(CNS(=O)(=O)c1cc(Cl)ccc1Cl)Nc1cccc(C(F)(F)F)c1. The normalized spacial score (nSPS) is 12.0. The molecule has 0 saturated carbocycles. The summed E-state index contributed by atoms with van der Waals surface area (Å²) in [6.07, 6.45) is -4.56. The van der Waals surface area contributed by atoms with E-state index in [0.29, 0.717) is 0 Å². The number of carbonyl (C=O) groups is 1. The van der Waals surface area contributed by atoms with Crippen LogP contribution in [0.2, 0.25) is 10.0 Å². The highest BCUT2D eigenvalue weighted by Gasteiger charge is 2.30. The molecule has 140 valence electrons.